The zero-order chi connectivity index (χ0) is 18.1. The molecule has 0 unspecified atom stereocenters. The van der Waals surface area contributed by atoms with Gasteiger partial charge < -0.3 is 9.47 Å². The van der Waals surface area contributed by atoms with Crippen LogP contribution < -0.4 is 0 Å². The molecule has 1 aliphatic heterocycles. The SMILES string of the molecule is Cc1ncccc1C(=O)N1CC(Cn2c(C)cnc2-c2ccccc2)C1. The van der Waals surface area contributed by atoms with Crippen molar-refractivity contribution in [1.82, 2.24) is 19.4 Å². The number of carbonyl (C=O) groups excluding carboxylic acids is 1. The van der Waals surface area contributed by atoms with Gasteiger partial charge in [-0.3, -0.25) is 9.78 Å². The van der Waals surface area contributed by atoms with E-state index < -0.39 is 0 Å². The van der Waals surface area contributed by atoms with Gasteiger partial charge in [-0.1, -0.05) is 30.3 Å². The van der Waals surface area contributed by atoms with Crippen molar-refractivity contribution in [3.63, 3.8) is 0 Å². The van der Waals surface area contributed by atoms with Gasteiger partial charge >= 0.3 is 0 Å². The molecule has 3 aromatic rings. The highest BCUT2D eigenvalue weighted by Crippen LogP contribution is 2.25. The summed E-state index contributed by atoms with van der Waals surface area (Å²) in [4.78, 5) is 23.3. The van der Waals surface area contributed by atoms with Gasteiger partial charge in [0.1, 0.15) is 5.82 Å². The molecular weight excluding hydrogens is 324 g/mol. The molecule has 0 atom stereocenters. The predicted octanol–water partition coefficient (Wildman–Crippen LogP) is 3.33. The van der Waals surface area contributed by atoms with Gasteiger partial charge in [-0.25, -0.2) is 4.98 Å². The summed E-state index contributed by atoms with van der Waals surface area (Å²) in [5.41, 5.74) is 3.77. The number of likely N-dealkylation sites (tertiary alicyclic amines) is 1. The van der Waals surface area contributed by atoms with Gasteiger partial charge in [-0.15, -0.1) is 0 Å². The number of nitrogens with zero attached hydrogens (tertiary/aromatic N) is 4. The molecule has 132 valence electrons. The molecule has 0 radical (unpaired) electrons. The van der Waals surface area contributed by atoms with E-state index in [-0.39, 0.29) is 5.91 Å². The summed E-state index contributed by atoms with van der Waals surface area (Å²) in [6, 6.07) is 13.9. The second-order valence-electron chi connectivity index (χ2n) is 6.91. The molecule has 3 heterocycles. The molecule has 0 saturated carbocycles. The molecule has 5 heteroatoms. The van der Waals surface area contributed by atoms with Crippen LogP contribution in [0.4, 0.5) is 0 Å². The maximum Gasteiger partial charge on any atom is 0.255 e. The quantitative estimate of drug-likeness (QED) is 0.728. The topological polar surface area (TPSA) is 51.0 Å². The van der Waals surface area contributed by atoms with Crippen molar-refractivity contribution < 1.29 is 4.79 Å². The molecule has 0 bridgehead atoms. The van der Waals surface area contributed by atoms with Gasteiger partial charge in [0.05, 0.1) is 5.56 Å². The van der Waals surface area contributed by atoms with Crippen LogP contribution in [0.1, 0.15) is 21.7 Å². The maximum atomic E-state index is 12.6. The average Bonchev–Trinajstić information content (AvgIpc) is 2.99. The molecule has 0 spiro atoms. The summed E-state index contributed by atoms with van der Waals surface area (Å²) in [5.74, 6) is 1.53. The lowest BCUT2D eigenvalue weighted by atomic mass is 9.98. The van der Waals surface area contributed by atoms with E-state index in [1.165, 1.54) is 0 Å². The smallest absolute Gasteiger partial charge is 0.255 e. The molecule has 1 amide bonds. The van der Waals surface area contributed by atoms with Crippen LogP contribution in [-0.4, -0.2) is 38.4 Å². The number of amides is 1. The van der Waals surface area contributed by atoms with E-state index in [1.54, 1.807) is 6.20 Å². The van der Waals surface area contributed by atoms with Crippen LogP contribution in [0.3, 0.4) is 0 Å². The van der Waals surface area contributed by atoms with Crippen LogP contribution >= 0.6 is 0 Å². The van der Waals surface area contributed by atoms with Crippen LogP contribution in [0, 0.1) is 19.8 Å². The predicted molar refractivity (Wildman–Crippen MR) is 101 cm³/mol. The summed E-state index contributed by atoms with van der Waals surface area (Å²) >= 11 is 0. The number of aromatic nitrogens is 3. The van der Waals surface area contributed by atoms with Gasteiger partial charge in [0, 0.05) is 54.9 Å². The molecule has 26 heavy (non-hydrogen) atoms. The van der Waals surface area contributed by atoms with E-state index in [9.17, 15) is 4.79 Å². The number of hydrogen-bond donors (Lipinski definition) is 0. The van der Waals surface area contributed by atoms with Crippen LogP contribution in [0.25, 0.3) is 11.4 Å². The number of benzene rings is 1. The summed E-state index contributed by atoms with van der Waals surface area (Å²) in [6.07, 6.45) is 3.64. The van der Waals surface area contributed by atoms with Gasteiger partial charge in [-0.2, -0.15) is 0 Å². The van der Waals surface area contributed by atoms with Crippen molar-refractivity contribution in [3.05, 3.63) is 71.8 Å². The molecule has 1 saturated heterocycles. The van der Waals surface area contributed by atoms with E-state index in [0.29, 0.717) is 11.5 Å². The Morgan fingerprint density at radius 3 is 2.58 bits per heavy atom. The number of aryl methyl sites for hydroxylation is 2. The van der Waals surface area contributed by atoms with Crippen LogP contribution in [-0.2, 0) is 6.54 Å². The van der Waals surface area contributed by atoms with Crippen LogP contribution in [0.15, 0.2) is 54.9 Å². The van der Waals surface area contributed by atoms with Crippen molar-refractivity contribution in [2.24, 2.45) is 5.92 Å². The molecule has 1 aromatic carbocycles. The fourth-order valence-electron chi connectivity index (χ4n) is 3.50. The molecule has 5 nitrogen and oxygen atoms in total. The first-order chi connectivity index (χ1) is 12.6. The Morgan fingerprint density at radius 1 is 1.08 bits per heavy atom. The van der Waals surface area contributed by atoms with Crippen molar-refractivity contribution in [3.8, 4) is 11.4 Å². The summed E-state index contributed by atoms with van der Waals surface area (Å²) in [5, 5.41) is 0. The van der Waals surface area contributed by atoms with E-state index in [4.69, 9.17) is 0 Å². The monoisotopic (exact) mass is 346 g/mol. The van der Waals surface area contributed by atoms with Crippen molar-refractivity contribution in [2.75, 3.05) is 13.1 Å². The first kappa shape index (κ1) is 16.5. The fourth-order valence-corrected chi connectivity index (χ4v) is 3.50. The van der Waals surface area contributed by atoms with Crippen LogP contribution in [0.5, 0.6) is 0 Å². The number of carbonyl (C=O) groups is 1. The number of pyridine rings is 1. The minimum Gasteiger partial charge on any atom is -0.338 e. The first-order valence-corrected chi connectivity index (χ1v) is 8.92. The summed E-state index contributed by atoms with van der Waals surface area (Å²) < 4.78 is 2.26. The Kier molecular flexibility index (Phi) is 4.29. The molecule has 0 N–H and O–H groups in total. The first-order valence-electron chi connectivity index (χ1n) is 8.92. The molecule has 4 rings (SSSR count). The van der Waals surface area contributed by atoms with Gasteiger partial charge in [0.2, 0.25) is 0 Å². The molecule has 1 aliphatic rings. The largest absolute Gasteiger partial charge is 0.338 e. The third kappa shape index (κ3) is 3.01. The average molecular weight is 346 g/mol. The zero-order valence-corrected chi connectivity index (χ0v) is 15.1. The number of rotatable bonds is 4. The third-order valence-corrected chi connectivity index (χ3v) is 5.01. The van der Waals surface area contributed by atoms with Crippen LogP contribution in [0.2, 0.25) is 0 Å². The molecule has 1 fully saturated rings. The third-order valence-electron chi connectivity index (χ3n) is 5.01. The minimum absolute atomic E-state index is 0.0810. The summed E-state index contributed by atoms with van der Waals surface area (Å²) in [6.45, 7) is 6.40. The Bertz CT molecular complexity index is 926. The highest BCUT2D eigenvalue weighted by Gasteiger charge is 2.32. The lowest BCUT2D eigenvalue weighted by Crippen LogP contribution is -2.51. The minimum atomic E-state index is 0.0810. The maximum absolute atomic E-state index is 12.6. The molecule has 0 aliphatic carbocycles. The Labute approximate surface area is 153 Å². The second kappa shape index (κ2) is 6.75. The Morgan fingerprint density at radius 2 is 1.85 bits per heavy atom. The van der Waals surface area contributed by atoms with E-state index in [0.717, 1.165) is 42.4 Å². The number of hydrogen-bond acceptors (Lipinski definition) is 3. The lowest BCUT2D eigenvalue weighted by Gasteiger charge is -2.40. The van der Waals surface area contributed by atoms with Crippen molar-refractivity contribution >= 4 is 5.91 Å². The second-order valence-corrected chi connectivity index (χ2v) is 6.91. The number of imidazole rings is 1. The molecule has 2 aromatic heterocycles. The fraction of sp³-hybridized carbons (Fsp3) is 0.286. The standard InChI is InChI=1S/C21H22N4O/c1-15-11-23-20(18-7-4-3-5-8-18)25(15)14-17-12-24(13-17)21(26)19-9-6-10-22-16(19)2/h3-11,17H,12-14H2,1-2H3. The van der Waals surface area contributed by atoms with Gasteiger partial charge in [0.15, 0.2) is 0 Å². The van der Waals surface area contributed by atoms with Gasteiger partial charge in [0.25, 0.3) is 5.91 Å². The van der Waals surface area contributed by atoms with Crippen molar-refractivity contribution in [1.29, 1.82) is 0 Å². The Balaban J connectivity index is 1.45. The summed E-state index contributed by atoms with van der Waals surface area (Å²) in [7, 11) is 0. The highest BCUT2D eigenvalue weighted by molar-refractivity contribution is 5.95. The highest BCUT2D eigenvalue weighted by atomic mass is 16.2. The van der Waals surface area contributed by atoms with E-state index in [1.807, 2.05) is 48.4 Å². The Hall–Kier alpha value is -2.95. The van der Waals surface area contributed by atoms with Gasteiger partial charge in [-0.05, 0) is 26.0 Å². The van der Waals surface area contributed by atoms with E-state index >= 15 is 0 Å². The molecular formula is C21H22N4O. The van der Waals surface area contributed by atoms with E-state index in [2.05, 4.69) is 33.6 Å². The lowest BCUT2D eigenvalue weighted by molar-refractivity contribution is 0.0467. The van der Waals surface area contributed by atoms with Crippen molar-refractivity contribution in [2.45, 2.75) is 20.4 Å². The zero-order valence-electron chi connectivity index (χ0n) is 15.1. The normalized spacial score (nSPS) is 14.3.